The Bertz CT molecular complexity index is 761. The van der Waals surface area contributed by atoms with Crippen LogP contribution in [0.2, 0.25) is 0 Å². The van der Waals surface area contributed by atoms with E-state index in [1.165, 1.54) is 0 Å². The van der Waals surface area contributed by atoms with E-state index in [0.717, 1.165) is 36.8 Å². The Morgan fingerprint density at radius 2 is 2.09 bits per heavy atom. The lowest BCUT2D eigenvalue weighted by molar-refractivity contribution is 0.136. The van der Waals surface area contributed by atoms with Gasteiger partial charge in [-0.2, -0.15) is 5.26 Å². The van der Waals surface area contributed by atoms with Crippen LogP contribution in [-0.4, -0.2) is 28.3 Å². The summed E-state index contributed by atoms with van der Waals surface area (Å²) in [6.45, 7) is 0. The average molecular weight is 311 g/mol. The molecule has 118 valence electrons. The molecule has 1 aromatic carbocycles. The number of nitrogens with one attached hydrogen (secondary N) is 1. The number of amides is 1. The second-order valence-electron chi connectivity index (χ2n) is 5.66. The van der Waals surface area contributed by atoms with Crippen LogP contribution < -0.4 is 10.1 Å². The van der Waals surface area contributed by atoms with Gasteiger partial charge in [-0.05, 0) is 49.9 Å². The molecule has 3 rings (SSSR count). The Morgan fingerprint density at radius 3 is 2.78 bits per heavy atom. The van der Waals surface area contributed by atoms with Crippen molar-refractivity contribution in [1.82, 2.24) is 10.3 Å². The first kappa shape index (κ1) is 15.1. The summed E-state index contributed by atoms with van der Waals surface area (Å²) >= 11 is 0. The highest BCUT2D eigenvalue weighted by Crippen LogP contribution is 2.30. The molecule has 1 aliphatic rings. The van der Waals surface area contributed by atoms with Crippen molar-refractivity contribution in [2.75, 3.05) is 0 Å². The van der Waals surface area contributed by atoms with Crippen molar-refractivity contribution in [3.8, 4) is 11.8 Å². The van der Waals surface area contributed by atoms with Gasteiger partial charge in [0.2, 0.25) is 0 Å². The summed E-state index contributed by atoms with van der Waals surface area (Å²) in [6, 6.07) is 9.41. The Kier molecular flexibility index (Phi) is 4.29. The lowest BCUT2D eigenvalue weighted by Gasteiger charge is -2.29. The van der Waals surface area contributed by atoms with E-state index < -0.39 is 6.09 Å². The minimum Gasteiger partial charge on any atom is -0.490 e. The van der Waals surface area contributed by atoms with Crippen molar-refractivity contribution >= 4 is 17.0 Å². The van der Waals surface area contributed by atoms with Crippen LogP contribution in [0.15, 0.2) is 30.5 Å². The summed E-state index contributed by atoms with van der Waals surface area (Å²) in [5.41, 5.74) is 1.18. The fourth-order valence-corrected chi connectivity index (χ4v) is 3.02. The second-order valence-corrected chi connectivity index (χ2v) is 5.66. The third-order valence-electron chi connectivity index (χ3n) is 4.15. The molecule has 0 spiro atoms. The molecule has 0 saturated heterocycles. The van der Waals surface area contributed by atoms with Crippen molar-refractivity contribution in [3.63, 3.8) is 0 Å². The fraction of sp³-hybridized carbons (Fsp3) is 0.353. The van der Waals surface area contributed by atoms with Crippen LogP contribution in [0.4, 0.5) is 4.79 Å². The molecule has 0 bridgehead atoms. The molecule has 2 aromatic rings. The Balaban J connectivity index is 1.74. The van der Waals surface area contributed by atoms with Crippen LogP contribution in [0.25, 0.3) is 10.9 Å². The number of hydrogen-bond acceptors (Lipinski definition) is 4. The predicted octanol–water partition coefficient (Wildman–Crippen LogP) is 3.06. The van der Waals surface area contributed by atoms with Crippen LogP contribution in [0.3, 0.4) is 0 Å². The maximum atomic E-state index is 10.7. The quantitative estimate of drug-likeness (QED) is 0.908. The summed E-state index contributed by atoms with van der Waals surface area (Å²) in [4.78, 5) is 14.9. The van der Waals surface area contributed by atoms with Crippen molar-refractivity contribution in [1.29, 1.82) is 5.26 Å². The van der Waals surface area contributed by atoms with Crippen molar-refractivity contribution in [2.24, 2.45) is 0 Å². The number of hydrogen-bond donors (Lipinski definition) is 2. The van der Waals surface area contributed by atoms with E-state index in [2.05, 4.69) is 16.4 Å². The standard InChI is InChI=1S/C17H17N3O3/c18-10-11-3-8-15(14-2-1-9-19-16(11)14)23-13-6-4-12(5-7-13)20-17(21)22/h1-3,8-9,12-13,20H,4-7H2,(H,21,22). The summed E-state index contributed by atoms with van der Waals surface area (Å²) < 4.78 is 6.10. The van der Waals surface area contributed by atoms with E-state index in [4.69, 9.17) is 15.1 Å². The van der Waals surface area contributed by atoms with Gasteiger partial charge in [0.25, 0.3) is 0 Å². The number of rotatable bonds is 3. The monoisotopic (exact) mass is 311 g/mol. The molecule has 2 N–H and O–H groups in total. The SMILES string of the molecule is N#Cc1ccc(OC2CCC(NC(=O)O)CC2)c2cccnc12. The zero-order valence-electron chi connectivity index (χ0n) is 12.5. The van der Waals surface area contributed by atoms with Crippen LogP contribution >= 0.6 is 0 Å². The Morgan fingerprint density at radius 1 is 1.30 bits per heavy atom. The number of benzene rings is 1. The summed E-state index contributed by atoms with van der Waals surface area (Å²) in [7, 11) is 0. The molecule has 1 fully saturated rings. The molecule has 1 aliphatic carbocycles. The van der Waals surface area contributed by atoms with Gasteiger partial charge in [0.15, 0.2) is 0 Å². The highest BCUT2D eigenvalue weighted by Gasteiger charge is 2.24. The molecular weight excluding hydrogens is 294 g/mol. The van der Waals surface area contributed by atoms with E-state index in [9.17, 15) is 4.79 Å². The number of aromatic nitrogens is 1. The zero-order chi connectivity index (χ0) is 16.2. The smallest absolute Gasteiger partial charge is 0.404 e. The first-order valence-electron chi connectivity index (χ1n) is 7.61. The molecule has 0 radical (unpaired) electrons. The Labute approximate surface area is 133 Å². The summed E-state index contributed by atoms with van der Waals surface area (Å²) in [5, 5.41) is 21.3. The highest BCUT2D eigenvalue weighted by molar-refractivity contribution is 5.89. The van der Waals surface area contributed by atoms with Gasteiger partial charge >= 0.3 is 6.09 Å². The summed E-state index contributed by atoms with van der Waals surface area (Å²) in [6.07, 6.45) is 3.87. The zero-order valence-corrected chi connectivity index (χ0v) is 12.5. The van der Waals surface area contributed by atoms with Crippen molar-refractivity contribution < 1.29 is 14.6 Å². The third-order valence-corrected chi connectivity index (χ3v) is 4.15. The minimum absolute atomic E-state index is 0.00623. The predicted molar refractivity (Wildman–Crippen MR) is 84.3 cm³/mol. The maximum Gasteiger partial charge on any atom is 0.404 e. The first-order chi connectivity index (χ1) is 11.2. The number of pyridine rings is 1. The number of carboxylic acid groups (broad SMARTS) is 1. The largest absolute Gasteiger partial charge is 0.490 e. The lowest BCUT2D eigenvalue weighted by Crippen LogP contribution is -2.38. The fourth-order valence-electron chi connectivity index (χ4n) is 3.02. The normalized spacial score (nSPS) is 20.7. The molecule has 1 saturated carbocycles. The van der Waals surface area contributed by atoms with Crippen molar-refractivity contribution in [3.05, 3.63) is 36.0 Å². The molecule has 6 heteroatoms. The van der Waals surface area contributed by atoms with Gasteiger partial charge in [-0.3, -0.25) is 4.98 Å². The number of fused-ring (bicyclic) bond motifs is 1. The molecule has 6 nitrogen and oxygen atoms in total. The van der Waals surface area contributed by atoms with E-state index in [0.29, 0.717) is 11.1 Å². The molecule has 0 aliphatic heterocycles. The molecule has 0 unspecified atom stereocenters. The number of nitrogens with zero attached hydrogens (tertiary/aromatic N) is 2. The van der Waals surface area contributed by atoms with E-state index in [-0.39, 0.29) is 12.1 Å². The van der Waals surface area contributed by atoms with Crippen LogP contribution in [-0.2, 0) is 0 Å². The van der Waals surface area contributed by atoms with E-state index in [1.54, 1.807) is 12.3 Å². The van der Waals surface area contributed by atoms with Gasteiger partial charge < -0.3 is 15.2 Å². The molecule has 23 heavy (non-hydrogen) atoms. The topological polar surface area (TPSA) is 95.2 Å². The van der Waals surface area contributed by atoms with Gasteiger partial charge in [0, 0.05) is 17.6 Å². The minimum atomic E-state index is -0.974. The van der Waals surface area contributed by atoms with Gasteiger partial charge in [-0.1, -0.05) is 0 Å². The van der Waals surface area contributed by atoms with Gasteiger partial charge in [-0.25, -0.2) is 4.79 Å². The maximum absolute atomic E-state index is 10.7. The van der Waals surface area contributed by atoms with Crippen LogP contribution in [0.1, 0.15) is 31.2 Å². The van der Waals surface area contributed by atoms with Gasteiger partial charge in [0.05, 0.1) is 17.2 Å². The van der Waals surface area contributed by atoms with E-state index in [1.807, 2.05) is 18.2 Å². The second kappa shape index (κ2) is 6.53. The summed E-state index contributed by atoms with van der Waals surface area (Å²) in [5.74, 6) is 0.724. The number of carbonyl (C=O) groups is 1. The van der Waals surface area contributed by atoms with Crippen LogP contribution in [0, 0.1) is 11.3 Å². The number of nitriles is 1. The molecular formula is C17H17N3O3. The van der Waals surface area contributed by atoms with Gasteiger partial charge in [-0.15, -0.1) is 0 Å². The molecule has 1 aromatic heterocycles. The van der Waals surface area contributed by atoms with Gasteiger partial charge in [0.1, 0.15) is 11.8 Å². The van der Waals surface area contributed by atoms with Crippen molar-refractivity contribution in [2.45, 2.75) is 37.8 Å². The number of ether oxygens (including phenoxy) is 1. The lowest BCUT2D eigenvalue weighted by atomic mass is 9.93. The van der Waals surface area contributed by atoms with E-state index >= 15 is 0 Å². The molecule has 1 amide bonds. The first-order valence-corrected chi connectivity index (χ1v) is 7.61. The average Bonchev–Trinajstić information content (AvgIpc) is 2.56. The Hall–Kier alpha value is -2.81. The molecule has 0 atom stereocenters. The third kappa shape index (κ3) is 3.34. The van der Waals surface area contributed by atoms with Crippen LogP contribution in [0.5, 0.6) is 5.75 Å². The molecule has 1 heterocycles. The highest BCUT2D eigenvalue weighted by atomic mass is 16.5.